The fraction of sp³-hybridized carbons (Fsp3) is 0.231. The van der Waals surface area contributed by atoms with Gasteiger partial charge in [-0.15, -0.1) is 11.3 Å². The maximum atomic E-state index is 13.9. The van der Waals surface area contributed by atoms with Gasteiger partial charge in [0, 0.05) is 11.3 Å². The first-order valence-electron chi connectivity index (χ1n) is 5.73. The molecule has 0 aliphatic heterocycles. The number of ether oxygens (including phenoxy) is 1. The fourth-order valence-corrected chi connectivity index (χ4v) is 2.89. The Morgan fingerprint density at radius 1 is 1.55 bits per heavy atom. The van der Waals surface area contributed by atoms with Crippen molar-refractivity contribution in [2.45, 2.75) is 13.3 Å². The highest BCUT2D eigenvalue weighted by molar-refractivity contribution is 9.10. The van der Waals surface area contributed by atoms with Gasteiger partial charge >= 0.3 is 5.97 Å². The summed E-state index contributed by atoms with van der Waals surface area (Å²) < 4.78 is 19.2. The highest BCUT2D eigenvalue weighted by atomic mass is 79.9. The van der Waals surface area contributed by atoms with Crippen LogP contribution in [0.2, 0.25) is 0 Å². The number of rotatable bonds is 5. The molecule has 2 aromatic rings. The van der Waals surface area contributed by atoms with Gasteiger partial charge in [-0.2, -0.15) is 0 Å². The van der Waals surface area contributed by atoms with Crippen molar-refractivity contribution in [3.05, 3.63) is 44.1 Å². The van der Waals surface area contributed by atoms with Crippen LogP contribution in [-0.2, 0) is 6.42 Å². The molecule has 0 saturated heterocycles. The molecule has 0 bridgehead atoms. The van der Waals surface area contributed by atoms with Gasteiger partial charge in [0.05, 0.1) is 27.8 Å². The van der Waals surface area contributed by atoms with E-state index in [1.54, 1.807) is 5.51 Å². The van der Waals surface area contributed by atoms with Gasteiger partial charge in [-0.1, -0.05) is 0 Å². The van der Waals surface area contributed by atoms with E-state index in [-0.39, 0.29) is 15.8 Å². The summed E-state index contributed by atoms with van der Waals surface area (Å²) in [6.07, 6.45) is 0.633. The van der Waals surface area contributed by atoms with Crippen LogP contribution in [0.15, 0.2) is 22.1 Å². The molecular weight excluding hydrogens is 349 g/mol. The average Bonchev–Trinajstić information content (AvgIpc) is 2.80. The molecule has 1 aromatic heterocycles. The number of aryl methyl sites for hydroxylation is 1. The third-order valence-corrected chi connectivity index (χ3v) is 4.48. The molecule has 0 fully saturated rings. The molecule has 0 aliphatic carbocycles. The topological polar surface area (TPSA) is 59.4 Å². The first-order chi connectivity index (χ1) is 9.50. The normalized spacial score (nSPS) is 10.6. The van der Waals surface area contributed by atoms with Crippen molar-refractivity contribution in [3.63, 3.8) is 0 Å². The van der Waals surface area contributed by atoms with E-state index < -0.39 is 11.8 Å². The molecule has 2 rings (SSSR count). The monoisotopic (exact) mass is 359 g/mol. The third kappa shape index (κ3) is 3.16. The van der Waals surface area contributed by atoms with Gasteiger partial charge in [0.1, 0.15) is 0 Å². The molecular formula is C13H11BrFNO3S. The minimum absolute atomic E-state index is 0.0315. The number of carboxylic acids is 1. The molecule has 106 valence electrons. The molecule has 0 saturated carbocycles. The zero-order valence-electron chi connectivity index (χ0n) is 10.5. The number of halogens is 2. The lowest BCUT2D eigenvalue weighted by molar-refractivity contribution is 0.0695. The Kier molecular flexibility index (Phi) is 4.72. The molecule has 0 atom stereocenters. The Morgan fingerprint density at radius 3 is 2.90 bits per heavy atom. The second-order valence-corrected chi connectivity index (χ2v) is 5.74. The van der Waals surface area contributed by atoms with Crippen molar-refractivity contribution < 1.29 is 19.0 Å². The lowest BCUT2D eigenvalue weighted by Gasteiger charge is -2.09. The van der Waals surface area contributed by atoms with E-state index in [1.807, 2.05) is 6.92 Å². The quantitative estimate of drug-likeness (QED) is 0.884. The molecule has 0 aliphatic rings. The third-order valence-electron chi connectivity index (χ3n) is 2.71. The maximum absolute atomic E-state index is 13.9. The molecule has 0 amide bonds. The van der Waals surface area contributed by atoms with Gasteiger partial charge in [0.25, 0.3) is 0 Å². The van der Waals surface area contributed by atoms with Gasteiger partial charge in [-0.3, -0.25) is 0 Å². The van der Waals surface area contributed by atoms with Crippen LogP contribution in [0.4, 0.5) is 4.39 Å². The molecule has 1 aromatic carbocycles. The number of hydrogen-bond acceptors (Lipinski definition) is 4. The van der Waals surface area contributed by atoms with E-state index in [2.05, 4.69) is 20.9 Å². The number of carbonyl (C=O) groups is 1. The van der Waals surface area contributed by atoms with Gasteiger partial charge in [0.15, 0.2) is 11.6 Å². The number of carboxylic acid groups (broad SMARTS) is 1. The molecule has 0 unspecified atom stereocenters. The Hall–Kier alpha value is -1.47. The Morgan fingerprint density at radius 2 is 2.30 bits per heavy atom. The molecule has 1 N–H and O–H groups in total. The van der Waals surface area contributed by atoms with E-state index >= 15 is 0 Å². The Labute approximate surface area is 127 Å². The van der Waals surface area contributed by atoms with E-state index in [0.717, 1.165) is 10.6 Å². The predicted octanol–water partition coefficient (Wildman–Crippen LogP) is 3.67. The van der Waals surface area contributed by atoms with Crippen LogP contribution in [0.5, 0.6) is 5.75 Å². The first-order valence-corrected chi connectivity index (χ1v) is 7.41. The number of nitrogens with zero attached hydrogens (tertiary/aromatic N) is 1. The molecule has 0 radical (unpaired) electrons. The standard InChI is InChI=1S/C13H11BrFNO3S/c1-7-10(20-6-16-7)4-5-19-9-3-2-8(13(17)18)11(14)12(9)15/h2-3,6H,4-5H2,1H3,(H,17,18). The minimum atomic E-state index is -1.19. The molecule has 0 spiro atoms. The number of aromatic carboxylic acids is 1. The second-order valence-electron chi connectivity index (χ2n) is 4.00. The van der Waals surface area contributed by atoms with Gasteiger partial charge in [-0.25, -0.2) is 14.2 Å². The van der Waals surface area contributed by atoms with Crippen molar-refractivity contribution in [1.29, 1.82) is 0 Å². The van der Waals surface area contributed by atoms with Crippen LogP contribution >= 0.6 is 27.3 Å². The second kappa shape index (κ2) is 6.32. The summed E-state index contributed by atoms with van der Waals surface area (Å²) in [5.41, 5.74) is 2.57. The zero-order valence-corrected chi connectivity index (χ0v) is 12.9. The van der Waals surface area contributed by atoms with Crippen LogP contribution in [-0.4, -0.2) is 22.7 Å². The van der Waals surface area contributed by atoms with Crippen molar-refractivity contribution in [1.82, 2.24) is 4.98 Å². The van der Waals surface area contributed by atoms with Gasteiger partial charge in [-0.05, 0) is 35.0 Å². The van der Waals surface area contributed by atoms with Crippen molar-refractivity contribution >= 4 is 33.2 Å². The number of aromatic nitrogens is 1. The average molecular weight is 360 g/mol. The van der Waals surface area contributed by atoms with E-state index in [9.17, 15) is 9.18 Å². The number of hydrogen-bond donors (Lipinski definition) is 1. The molecule has 7 heteroatoms. The number of benzene rings is 1. The summed E-state index contributed by atoms with van der Waals surface area (Å²) in [7, 11) is 0. The SMILES string of the molecule is Cc1ncsc1CCOc1ccc(C(=O)O)c(Br)c1F. The zero-order chi connectivity index (χ0) is 14.7. The smallest absolute Gasteiger partial charge is 0.336 e. The largest absolute Gasteiger partial charge is 0.490 e. The lowest BCUT2D eigenvalue weighted by atomic mass is 10.2. The van der Waals surface area contributed by atoms with Gasteiger partial charge in [0.2, 0.25) is 0 Å². The van der Waals surface area contributed by atoms with E-state index in [0.29, 0.717) is 13.0 Å². The first kappa shape index (κ1) is 14.9. The molecule has 20 heavy (non-hydrogen) atoms. The fourth-order valence-electron chi connectivity index (χ4n) is 1.63. The summed E-state index contributed by atoms with van der Waals surface area (Å²) in [5.74, 6) is -1.86. The maximum Gasteiger partial charge on any atom is 0.336 e. The highest BCUT2D eigenvalue weighted by Gasteiger charge is 2.16. The molecule has 4 nitrogen and oxygen atoms in total. The number of thiazole rings is 1. The van der Waals surface area contributed by atoms with Crippen molar-refractivity contribution in [2.75, 3.05) is 6.61 Å². The lowest BCUT2D eigenvalue weighted by Crippen LogP contribution is -2.05. The minimum Gasteiger partial charge on any atom is -0.490 e. The van der Waals surface area contributed by atoms with Gasteiger partial charge < -0.3 is 9.84 Å². The summed E-state index contributed by atoms with van der Waals surface area (Å²) in [5, 5.41) is 8.87. The Bertz CT molecular complexity index is 645. The van der Waals surface area contributed by atoms with E-state index in [4.69, 9.17) is 9.84 Å². The Balaban J connectivity index is 2.05. The molecule has 1 heterocycles. The summed E-state index contributed by atoms with van der Waals surface area (Å²) in [4.78, 5) is 16.1. The predicted molar refractivity (Wildman–Crippen MR) is 77.1 cm³/mol. The van der Waals surface area contributed by atoms with Crippen molar-refractivity contribution in [2.24, 2.45) is 0 Å². The highest BCUT2D eigenvalue weighted by Crippen LogP contribution is 2.29. The van der Waals surface area contributed by atoms with E-state index in [1.165, 1.54) is 23.5 Å². The van der Waals surface area contributed by atoms with Crippen LogP contribution < -0.4 is 4.74 Å². The summed E-state index contributed by atoms with van der Waals surface area (Å²) >= 11 is 4.46. The van der Waals surface area contributed by atoms with Crippen LogP contribution in [0.1, 0.15) is 20.9 Å². The van der Waals surface area contributed by atoms with Crippen LogP contribution in [0.3, 0.4) is 0 Å². The summed E-state index contributed by atoms with van der Waals surface area (Å²) in [6.45, 7) is 2.21. The summed E-state index contributed by atoms with van der Waals surface area (Å²) in [6, 6.07) is 2.63. The van der Waals surface area contributed by atoms with Crippen LogP contribution in [0, 0.1) is 12.7 Å². The van der Waals surface area contributed by atoms with Crippen LogP contribution in [0.25, 0.3) is 0 Å². The van der Waals surface area contributed by atoms with Crippen molar-refractivity contribution in [3.8, 4) is 5.75 Å².